The standard InChI is InChI=1S/C8H14N4O2/c1-6-10-8(14-12-6)11-7(13)4-3-5-9-2/h9H,3-5H2,1-2H3,(H,10,11,12,13). The molecule has 0 saturated heterocycles. The molecule has 1 aromatic rings. The fourth-order valence-corrected chi connectivity index (χ4v) is 0.955. The van der Waals surface area contributed by atoms with E-state index in [9.17, 15) is 4.79 Å². The van der Waals surface area contributed by atoms with Crippen LogP contribution in [-0.4, -0.2) is 29.6 Å². The summed E-state index contributed by atoms with van der Waals surface area (Å²) >= 11 is 0. The van der Waals surface area contributed by atoms with Gasteiger partial charge in [0.15, 0.2) is 5.82 Å². The van der Waals surface area contributed by atoms with Crippen molar-refractivity contribution >= 4 is 11.9 Å². The maximum atomic E-state index is 11.2. The van der Waals surface area contributed by atoms with Gasteiger partial charge in [-0.1, -0.05) is 5.16 Å². The first-order valence-electron chi connectivity index (χ1n) is 4.47. The van der Waals surface area contributed by atoms with E-state index in [0.717, 1.165) is 13.0 Å². The van der Waals surface area contributed by atoms with Crippen LogP contribution < -0.4 is 10.6 Å². The predicted octanol–water partition coefficient (Wildman–Crippen LogP) is 0.316. The highest BCUT2D eigenvalue weighted by atomic mass is 16.5. The molecule has 0 saturated carbocycles. The van der Waals surface area contributed by atoms with Crippen molar-refractivity contribution in [3.63, 3.8) is 0 Å². The zero-order valence-electron chi connectivity index (χ0n) is 8.33. The summed E-state index contributed by atoms with van der Waals surface area (Å²) in [5.41, 5.74) is 0. The first-order chi connectivity index (χ1) is 6.72. The van der Waals surface area contributed by atoms with Crippen LogP contribution >= 0.6 is 0 Å². The van der Waals surface area contributed by atoms with Crippen molar-refractivity contribution in [2.24, 2.45) is 0 Å². The van der Waals surface area contributed by atoms with Crippen molar-refractivity contribution in [1.29, 1.82) is 0 Å². The van der Waals surface area contributed by atoms with Gasteiger partial charge in [0.25, 0.3) is 0 Å². The molecule has 2 N–H and O–H groups in total. The van der Waals surface area contributed by atoms with Gasteiger partial charge >= 0.3 is 6.01 Å². The van der Waals surface area contributed by atoms with Gasteiger partial charge in [0.05, 0.1) is 0 Å². The molecule has 0 spiro atoms. The van der Waals surface area contributed by atoms with Crippen molar-refractivity contribution < 1.29 is 9.32 Å². The molecular formula is C8H14N4O2. The van der Waals surface area contributed by atoms with Crippen LogP contribution in [0, 0.1) is 6.92 Å². The number of aromatic nitrogens is 2. The number of nitrogens with zero attached hydrogens (tertiary/aromatic N) is 2. The molecule has 6 nitrogen and oxygen atoms in total. The Morgan fingerprint density at radius 2 is 2.36 bits per heavy atom. The van der Waals surface area contributed by atoms with Crippen molar-refractivity contribution in [3.8, 4) is 0 Å². The molecule has 0 radical (unpaired) electrons. The second-order valence-corrected chi connectivity index (χ2v) is 2.90. The van der Waals surface area contributed by atoms with E-state index in [1.807, 2.05) is 7.05 Å². The highest BCUT2D eigenvalue weighted by molar-refractivity contribution is 5.88. The fourth-order valence-electron chi connectivity index (χ4n) is 0.955. The average Bonchev–Trinajstić information content (AvgIpc) is 2.52. The smallest absolute Gasteiger partial charge is 0.320 e. The summed E-state index contributed by atoms with van der Waals surface area (Å²) in [4.78, 5) is 15.1. The molecule has 0 fully saturated rings. The quantitative estimate of drug-likeness (QED) is 0.666. The number of anilines is 1. The van der Waals surface area contributed by atoms with E-state index in [4.69, 9.17) is 4.52 Å². The van der Waals surface area contributed by atoms with E-state index in [2.05, 4.69) is 20.8 Å². The molecule has 0 aromatic carbocycles. The van der Waals surface area contributed by atoms with E-state index in [1.165, 1.54) is 0 Å². The van der Waals surface area contributed by atoms with Gasteiger partial charge in [0.1, 0.15) is 0 Å². The Bertz CT molecular complexity index is 297. The Morgan fingerprint density at radius 1 is 1.57 bits per heavy atom. The summed E-state index contributed by atoms with van der Waals surface area (Å²) in [6.07, 6.45) is 1.23. The van der Waals surface area contributed by atoms with Crippen LogP contribution in [0.5, 0.6) is 0 Å². The molecule has 6 heteroatoms. The van der Waals surface area contributed by atoms with Crippen LogP contribution in [-0.2, 0) is 4.79 Å². The summed E-state index contributed by atoms with van der Waals surface area (Å²) in [5.74, 6) is 0.402. The number of rotatable bonds is 5. The van der Waals surface area contributed by atoms with Crippen LogP contribution in [0.25, 0.3) is 0 Å². The monoisotopic (exact) mass is 198 g/mol. The van der Waals surface area contributed by atoms with Gasteiger partial charge < -0.3 is 9.84 Å². The van der Waals surface area contributed by atoms with E-state index < -0.39 is 0 Å². The number of nitrogens with one attached hydrogen (secondary N) is 2. The SMILES string of the molecule is CNCCCC(=O)Nc1nc(C)no1. The van der Waals surface area contributed by atoms with Crippen LogP contribution in [0.2, 0.25) is 0 Å². The van der Waals surface area contributed by atoms with Gasteiger partial charge in [-0.25, -0.2) is 0 Å². The average molecular weight is 198 g/mol. The number of carbonyl (C=O) groups excluding carboxylic acids is 1. The minimum atomic E-state index is -0.107. The number of hydrogen-bond donors (Lipinski definition) is 2. The van der Waals surface area contributed by atoms with Crippen molar-refractivity contribution in [2.75, 3.05) is 18.9 Å². The molecule has 1 heterocycles. The Hall–Kier alpha value is -1.43. The van der Waals surface area contributed by atoms with Gasteiger partial charge in [-0.15, -0.1) is 0 Å². The molecular weight excluding hydrogens is 184 g/mol. The minimum absolute atomic E-state index is 0.107. The minimum Gasteiger partial charge on any atom is -0.320 e. The molecule has 14 heavy (non-hydrogen) atoms. The summed E-state index contributed by atoms with van der Waals surface area (Å²) < 4.78 is 4.73. The summed E-state index contributed by atoms with van der Waals surface area (Å²) in [5, 5.41) is 9.03. The number of hydrogen-bond acceptors (Lipinski definition) is 5. The van der Waals surface area contributed by atoms with Crippen LogP contribution in [0.3, 0.4) is 0 Å². The van der Waals surface area contributed by atoms with Crippen molar-refractivity contribution in [2.45, 2.75) is 19.8 Å². The highest BCUT2D eigenvalue weighted by Gasteiger charge is 2.06. The maximum Gasteiger partial charge on any atom is 0.328 e. The summed E-state index contributed by atoms with van der Waals surface area (Å²) in [6, 6.07) is 0.164. The first kappa shape index (κ1) is 10.6. The molecule has 0 bridgehead atoms. The van der Waals surface area contributed by atoms with Crippen LogP contribution in [0.1, 0.15) is 18.7 Å². The van der Waals surface area contributed by atoms with Crippen LogP contribution in [0.4, 0.5) is 6.01 Å². The number of amides is 1. The molecule has 0 aliphatic heterocycles. The highest BCUT2D eigenvalue weighted by Crippen LogP contribution is 2.02. The number of aryl methyl sites for hydroxylation is 1. The second-order valence-electron chi connectivity index (χ2n) is 2.90. The Balaban J connectivity index is 2.27. The molecule has 1 rings (SSSR count). The van der Waals surface area contributed by atoms with Gasteiger partial charge in [0, 0.05) is 6.42 Å². The zero-order chi connectivity index (χ0) is 10.4. The Labute approximate surface area is 82.1 Å². The van der Waals surface area contributed by atoms with Crippen LogP contribution in [0.15, 0.2) is 4.52 Å². The topological polar surface area (TPSA) is 80.0 Å². The third-order valence-corrected chi connectivity index (χ3v) is 1.60. The largest absolute Gasteiger partial charge is 0.328 e. The Kier molecular flexibility index (Phi) is 4.06. The lowest BCUT2D eigenvalue weighted by Gasteiger charge is -1.99. The molecule has 78 valence electrons. The lowest BCUT2D eigenvalue weighted by Crippen LogP contribution is -2.15. The fraction of sp³-hybridized carbons (Fsp3) is 0.625. The molecule has 1 aromatic heterocycles. The lowest BCUT2D eigenvalue weighted by atomic mass is 10.3. The molecule has 0 aliphatic carbocycles. The van der Waals surface area contributed by atoms with E-state index in [-0.39, 0.29) is 11.9 Å². The first-order valence-corrected chi connectivity index (χ1v) is 4.47. The molecule has 0 aliphatic rings. The third-order valence-electron chi connectivity index (χ3n) is 1.60. The van der Waals surface area contributed by atoms with E-state index in [1.54, 1.807) is 6.92 Å². The van der Waals surface area contributed by atoms with E-state index in [0.29, 0.717) is 12.2 Å². The number of carbonyl (C=O) groups is 1. The van der Waals surface area contributed by atoms with Crippen molar-refractivity contribution in [3.05, 3.63) is 5.82 Å². The van der Waals surface area contributed by atoms with Crippen molar-refractivity contribution in [1.82, 2.24) is 15.5 Å². The maximum absolute atomic E-state index is 11.2. The second kappa shape index (κ2) is 5.33. The van der Waals surface area contributed by atoms with Gasteiger partial charge in [0.2, 0.25) is 5.91 Å². The van der Waals surface area contributed by atoms with Gasteiger partial charge in [-0.3, -0.25) is 10.1 Å². The summed E-state index contributed by atoms with van der Waals surface area (Å²) in [7, 11) is 1.85. The molecule has 1 amide bonds. The molecule has 0 unspecified atom stereocenters. The Morgan fingerprint density at radius 3 is 2.93 bits per heavy atom. The zero-order valence-corrected chi connectivity index (χ0v) is 8.33. The summed E-state index contributed by atoms with van der Waals surface area (Å²) in [6.45, 7) is 2.51. The lowest BCUT2D eigenvalue weighted by molar-refractivity contribution is -0.116. The normalized spacial score (nSPS) is 10.1. The van der Waals surface area contributed by atoms with Gasteiger partial charge in [-0.05, 0) is 26.9 Å². The third kappa shape index (κ3) is 3.53. The van der Waals surface area contributed by atoms with E-state index >= 15 is 0 Å². The molecule has 0 atom stereocenters. The van der Waals surface area contributed by atoms with Gasteiger partial charge in [-0.2, -0.15) is 4.98 Å². The predicted molar refractivity (Wildman–Crippen MR) is 50.8 cm³/mol.